The third kappa shape index (κ3) is 6.99. The number of carbonyl (C=O) groups is 1. The van der Waals surface area contributed by atoms with Gasteiger partial charge in [-0.1, -0.05) is 57.2 Å². The molecule has 11 nitrogen and oxygen atoms in total. The molecule has 0 bridgehead atoms. The van der Waals surface area contributed by atoms with Crippen molar-refractivity contribution in [2.45, 2.75) is 32.7 Å². The minimum atomic E-state index is -0.603. The molecule has 5 aromatic rings. The molecular formula is C38H42N6O5. The molecule has 0 spiro atoms. The Labute approximate surface area is 285 Å². The number of nitrogens with one attached hydrogen (secondary N) is 3. The predicted molar refractivity (Wildman–Crippen MR) is 197 cm³/mol. The number of ether oxygens (including phenoxy) is 2. The maximum absolute atomic E-state index is 13.6. The summed E-state index contributed by atoms with van der Waals surface area (Å²) in [5.74, 6) is 0.325. The van der Waals surface area contributed by atoms with Crippen LogP contribution >= 0.6 is 0 Å². The first kappa shape index (κ1) is 33.6. The summed E-state index contributed by atoms with van der Waals surface area (Å²) >= 11 is 0. The highest BCUT2D eigenvalue weighted by Crippen LogP contribution is 2.41. The first-order valence-electron chi connectivity index (χ1n) is 16.3. The van der Waals surface area contributed by atoms with E-state index in [1.165, 1.54) is 7.11 Å². The van der Waals surface area contributed by atoms with Gasteiger partial charge in [0, 0.05) is 50.9 Å². The van der Waals surface area contributed by atoms with Crippen molar-refractivity contribution in [3.05, 3.63) is 98.6 Å². The van der Waals surface area contributed by atoms with E-state index >= 15 is 0 Å². The van der Waals surface area contributed by atoms with Crippen LogP contribution < -0.4 is 36.4 Å². The number of nitrogens with zero attached hydrogens (tertiary/aromatic N) is 3. The zero-order valence-corrected chi connectivity index (χ0v) is 28.8. The Morgan fingerprint density at radius 1 is 0.918 bits per heavy atom. The summed E-state index contributed by atoms with van der Waals surface area (Å²) in [5.41, 5.74) is 4.40. The second-order valence-corrected chi connectivity index (χ2v) is 13.5. The molecule has 0 radical (unpaired) electrons. The molecule has 4 aromatic carbocycles. The number of rotatable bonds is 9. The normalized spacial score (nSPS) is 13.8. The quantitative estimate of drug-likeness (QED) is 0.161. The van der Waals surface area contributed by atoms with Gasteiger partial charge in [-0.3, -0.25) is 19.5 Å². The van der Waals surface area contributed by atoms with Crippen molar-refractivity contribution in [1.29, 1.82) is 0 Å². The highest BCUT2D eigenvalue weighted by Gasteiger charge is 2.26. The van der Waals surface area contributed by atoms with Gasteiger partial charge < -0.3 is 30.3 Å². The van der Waals surface area contributed by atoms with Crippen molar-refractivity contribution in [3.8, 4) is 16.9 Å². The molecule has 11 heteroatoms. The average molecular weight is 663 g/mol. The topological polar surface area (TPSA) is 125 Å². The van der Waals surface area contributed by atoms with E-state index in [0.29, 0.717) is 22.8 Å². The monoisotopic (exact) mass is 662 g/mol. The first-order chi connectivity index (χ1) is 23.4. The molecule has 1 fully saturated rings. The van der Waals surface area contributed by atoms with Gasteiger partial charge in [0.1, 0.15) is 11.4 Å². The maximum Gasteiger partial charge on any atom is 0.323 e. The van der Waals surface area contributed by atoms with Crippen molar-refractivity contribution in [2.24, 2.45) is 0 Å². The molecule has 3 N–H and O–H groups in total. The number of methoxy groups -OCH3 is 1. The van der Waals surface area contributed by atoms with Crippen LogP contribution in [-0.4, -0.2) is 63.4 Å². The smallest absolute Gasteiger partial charge is 0.323 e. The molecule has 2 heterocycles. The lowest BCUT2D eigenvalue weighted by atomic mass is 9.86. The van der Waals surface area contributed by atoms with E-state index in [4.69, 9.17) is 14.5 Å². The second kappa shape index (κ2) is 13.7. The van der Waals surface area contributed by atoms with Crippen LogP contribution in [0.15, 0.2) is 76.4 Å². The summed E-state index contributed by atoms with van der Waals surface area (Å²) in [5, 5.41) is 11.0. The van der Waals surface area contributed by atoms with Gasteiger partial charge in [0.15, 0.2) is 5.75 Å². The molecular weight excluding hydrogens is 620 g/mol. The lowest BCUT2D eigenvalue weighted by Crippen LogP contribution is -2.39. The molecule has 1 aromatic heterocycles. The van der Waals surface area contributed by atoms with Gasteiger partial charge in [-0.2, -0.15) is 0 Å². The Hall–Kier alpha value is -5.26. The van der Waals surface area contributed by atoms with Crippen LogP contribution in [0.25, 0.3) is 21.9 Å². The van der Waals surface area contributed by atoms with Gasteiger partial charge in [-0.25, -0.2) is 4.79 Å². The minimum Gasteiger partial charge on any atom is -0.492 e. The number of carbonyl (C=O) groups excluding carboxylic acids is 1. The summed E-state index contributed by atoms with van der Waals surface area (Å²) in [4.78, 5) is 47.1. The zero-order chi connectivity index (χ0) is 34.9. The number of morpholine rings is 1. The second-order valence-electron chi connectivity index (χ2n) is 13.5. The van der Waals surface area contributed by atoms with E-state index in [0.717, 1.165) is 66.0 Å². The molecule has 254 valence electrons. The first-order valence-corrected chi connectivity index (χ1v) is 16.3. The van der Waals surface area contributed by atoms with Crippen molar-refractivity contribution < 1.29 is 14.3 Å². The Morgan fingerprint density at radius 3 is 2.27 bits per heavy atom. The number of fused-ring (bicyclic) bond motifs is 1. The van der Waals surface area contributed by atoms with Crippen LogP contribution in [0.3, 0.4) is 0 Å². The third-order valence-corrected chi connectivity index (χ3v) is 8.80. The third-order valence-electron chi connectivity index (χ3n) is 8.80. The highest BCUT2D eigenvalue weighted by atomic mass is 16.5. The lowest BCUT2D eigenvalue weighted by molar-refractivity contribution is 0.0336. The number of benzene rings is 3. The number of anilines is 5. The van der Waals surface area contributed by atoms with Crippen LogP contribution in [0.5, 0.6) is 5.75 Å². The van der Waals surface area contributed by atoms with Crippen LogP contribution in [0.2, 0.25) is 0 Å². The van der Waals surface area contributed by atoms with Gasteiger partial charge >= 0.3 is 6.03 Å². The molecule has 0 atom stereocenters. The Bertz CT molecular complexity index is 2070. The standard InChI is InChI=1S/C38H42N6O5/c1-38(2,3)24-19-30(40-32-33(43(4)5)35(46)34(32)45)36(48-6)31(20-24)42-37(47)41-29-14-13-26(27-9-7-8-10-28(27)29)23-11-12-25(39-21-23)22-44-15-17-49-18-16-44/h7-14,19-21,40H,15-18,22H2,1-6H3,(H2,41,42,47). The molecule has 2 amide bonds. The minimum absolute atomic E-state index is 0.184. The number of hydrogen-bond donors (Lipinski definition) is 3. The van der Waals surface area contributed by atoms with Crippen LogP contribution in [0.1, 0.15) is 32.0 Å². The van der Waals surface area contributed by atoms with Crippen molar-refractivity contribution in [2.75, 3.05) is 68.4 Å². The Morgan fingerprint density at radius 2 is 1.61 bits per heavy atom. The number of amides is 2. The predicted octanol–water partition coefficient (Wildman–Crippen LogP) is 6.09. The Kier molecular flexibility index (Phi) is 9.40. The molecule has 0 aliphatic carbocycles. The summed E-state index contributed by atoms with van der Waals surface area (Å²) in [6, 6.07) is 19.2. The SMILES string of the molecule is COc1c(NC(=O)Nc2ccc(-c3ccc(CN4CCOCC4)nc3)c3ccccc23)cc(C(C)(C)C)cc1Nc1c(N(C)C)c(=O)c1=O. The van der Waals surface area contributed by atoms with Crippen LogP contribution in [0, 0.1) is 0 Å². The number of aromatic nitrogens is 1. The van der Waals surface area contributed by atoms with E-state index in [1.54, 1.807) is 19.0 Å². The molecule has 0 saturated carbocycles. The number of hydrogen-bond acceptors (Lipinski definition) is 9. The summed E-state index contributed by atoms with van der Waals surface area (Å²) in [6.45, 7) is 10.2. The number of pyridine rings is 1. The van der Waals surface area contributed by atoms with Gasteiger partial charge in [-0.05, 0) is 46.2 Å². The van der Waals surface area contributed by atoms with E-state index in [-0.39, 0.29) is 16.8 Å². The van der Waals surface area contributed by atoms with Gasteiger partial charge in [0.25, 0.3) is 10.9 Å². The van der Waals surface area contributed by atoms with Crippen LogP contribution in [-0.2, 0) is 16.7 Å². The van der Waals surface area contributed by atoms with Gasteiger partial charge in [-0.15, -0.1) is 0 Å². The summed E-state index contributed by atoms with van der Waals surface area (Å²) < 4.78 is 11.2. The van der Waals surface area contributed by atoms with Gasteiger partial charge in [0.2, 0.25) is 0 Å². The fourth-order valence-electron chi connectivity index (χ4n) is 6.13. The zero-order valence-electron chi connectivity index (χ0n) is 28.8. The highest BCUT2D eigenvalue weighted by molar-refractivity contribution is 6.10. The molecule has 1 aliphatic rings. The van der Waals surface area contributed by atoms with Crippen molar-refractivity contribution in [3.63, 3.8) is 0 Å². The van der Waals surface area contributed by atoms with Crippen LogP contribution in [0.4, 0.5) is 33.2 Å². The fourth-order valence-corrected chi connectivity index (χ4v) is 6.13. The van der Waals surface area contributed by atoms with Gasteiger partial charge in [0.05, 0.1) is 43.1 Å². The summed E-state index contributed by atoms with van der Waals surface area (Å²) in [7, 11) is 4.90. The molecule has 6 rings (SSSR count). The molecule has 1 aliphatic heterocycles. The average Bonchev–Trinajstić information content (AvgIpc) is 3.08. The molecule has 1 saturated heterocycles. The molecule has 49 heavy (non-hydrogen) atoms. The maximum atomic E-state index is 13.6. The fraction of sp³-hybridized carbons (Fsp3) is 0.316. The lowest BCUT2D eigenvalue weighted by Gasteiger charge is -2.26. The molecule has 0 unspecified atom stereocenters. The largest absolute Gasteiger partial charge is 0.492 e. The van der Waals surface area contributed by atoms with E-state index in [2.05, 4.69) is 33.0 Å². The van der Waals surface area contributed by atoms with Crippen molar-refractivity contribution in [1.82, 2.24) is 9.88 Å². The van der Waals surface area contributed by atoms with Crippen molar-refractivity contribution >= 4 is 45.2 Å². The van der Waals surface area contributed by atoms with E-state index < -0.39 is 16.9 Å². The summed E-state index contributed by atoms with van der Waals surface area (Å²) in [6.07, 6.45) is 1.90. The Balaban J connectivity index is 1.27. The van der Waals surface area contributed by atoms with E-state index in [9.17, 15) is 14.4 Å². The van der Waals surface area contributed by atoms with E-state index in [1.807, 2.05) is 75.5 Å². The number of urea groups is 1.